The highest BCUT2D eigenvalue weighted by molar-refractivity contribution is 5.81. The predicted molar refractivity (Wildman–Crippen MR) is 52.8 cm³/mol. The van der Waals surface area contributed by atoms with E-state index in [1.807, 2.05) is 13.8 Å². The van der Waals surface area contributed by atoms with Crippen LogP contribution in [0.1, 0.15) is 20.3 Å². The number of hydrogen-bond donors (Lipinski definition) is 2. The Kier molecular flexibility index (Phi) is 3.17. The molecule has 0 atom stereocenters. The van der Waals surface area contributed by atoms with Crippen LogP contribution < -0.4 is 5.49 Å². The van der Waals surface area contributed by atoms with Gasteiger partial charge in [0.2, 0.25) is 0 Å². The average molecular weight is 195 g/mol. The average Bonchev–Trinajstić information content (AvgIpc) is 2.08. The van der Waals surface area contributed by atoms with Gasteiger partial charge in [0.25, 0.3) is 0 Å². The summed E-state index contributed by atoms with van der Waals surface area (Å²) < 4.78 is 14.1. The summed E-state index contributed by atoms with van der Waals surface area (Å²) in [6.45, 7) is 3.97. The van der Waals surface area contributed by atoms with Crippen molar-refractivity contribution in [1.82, 2.24) is 4.57 Å². The van der Waals surface area contributed by atoms with E-state index in [2.05, 4.69) is 0 Å². The molecule has 76 valence electrons. The Bertz CT molecular complexity index is 393. The molecule has 0 spiro atoms. The number of aromatic nitrogens is 1. The minimum Gasteiger partial charge on any atom is -0.288 e. The van der Waals surface area contributed by atoms with E-state index in [1.54, 1.807) is 0 Å². The van der Waals surface area contributed by atoms with E-state index in [0.717, 1.165) is 0 Å². The second-order valence-electron chi connectivity index (χ2n) is 3.65. The molecule has 0 aliphatic heterocycles. The zero-order valence-electron chi connectivity index (χ0n) is 8.34. The maximum absolute atomic E-state index is 12.8. The van der Waals surface area contributed by atoms with Gasteiger partial charge in [-0.3, -0.25) is 15.4 Å². The fourth-order valence-corrected chi connectivity index (χ4v) is 1.18. The summed E-state index contributed by atoms with van der Waals surface area (Å²) in [7, 11) is 0. The van der Waals surface area contributed by atoms with Gasteiger partial charge < -0.3 is 0 Å². The lowest BCUT2D eigenvalue weighted by atomic mass is 10.1. The van der Waals surface area contributed by atoms with Crippen LogP contribution in [0.2, 0.25) is 0 Å². The third kappa shape index (κ3) is 2.52. The van der Waals surface area contributed by atoms with Crippen molar-refractivity contribution in [3.8, 4) is 0 Å². The van der Waals surface area contributed by atoms with Crippen molar-refractivity contribution in [2.75, 3.05) is 0 Å². The Labute approximate surface area is 82.2 Å². The molecule has 0 saturated heterocycles. The molecule has 2 N–H and O–H groups in total. The van der Waals surface area contributed by atoms with Crippen LogP contribution in [0.3, 0.4) is 0 Å². The maximum atomic E-state index is 12.8. The minimum absolute atomic E-state index is 0.136. The third-order valence-electron chi connectivity index (χ3n) is 1.80. The highest BCUT2D eigenvalue weighted by Crippen LogP contribution is 2.02. The number of rotatable bonds is 2. The highest BCUT2D eigenvalue weighted by atomic mass is 19.1. The fraction of sp³-hybridized carbons (Fsp3) is 0.400. The molecular formula is C10H14FN3. The zero-order chi connectivity index (χ0) is 10.7. The number of hydrogen-bond acceptors (Lipinski definition) is 2. The Balaban J connectivity index is 3.00. The zero-order valence-corrected chi connectivity index (χ0v) is 8.34. The van der Waals surface area contributed by atoms with Crippen LogP contribution >= 0.6 is 0 Å². The number of pyridine rings is 1. The molecule has 1 aromatic rings. The van der Waals surface area contributed by atoms with Gasteiger partial charge in [0, 0.05) is 12.6 Å². The monoisotopic (exact) mass is 195 g/mol. The molecule has 3 nitrogen and oxygen atoms in total. The molecule has 4 heteroatoms. The van der Waals surface area contributed by atoms with Gasteiger partial charge in [-0.1, -0.05) is 13.8 Å². The molecule has 14 heavy (non-hydrogen) atoms. The first-order valence-corrected chi connectivity index (χ1v) is 4.51. The van der Waals surface area contributed by atoms with E-state index < -0.39 is 5.82 Å². The summed E-state index contributed by atoms with van der Waals surface area (Å²) >= 11 is 0. The van der Waals surface area contributed by atoms with Gasteiger partial charge >= 0.3 is 0 Å². The van der Waals surface area contributed by atoms with Crippen molar-refractivity contribution in [1.29, 1.82) is 10.8 Å². The van der Waals surface area contributed by atoms with E-state index in [0.29, 0.717) is 12.3 Å². The molecule has 1 heterocycles. The number of halogens is 1. The Hall–Kier alpha value is -1.45. The smallest absolute Gasteiger partial charge is 0.139 e. The summed E-state index contributed by atoms with van der Waals surface area (Å²) in [6, 6.07) is 2.58. The van der Waals surface area contributed by atoms with E-state index >= 15 is 0 Å². The van der Waals surface area contributed by atoms with E-state index in [-0.39, 0.29) is 11.3 Å². The van der Waals surface area contributed by atoms with Crippen LogP contribution in [0.15, 0.2) is 18.3 Å². The minimum atomic E-state index is -0.422. The van der Waals surface area contributed by atoms with Crippen LogP contribution in [-0.4, -0.2) is 10.4 Å². The van der Waals surface area contributed by atoms with Gasteiger partial charge in [0.1, 0.15) is 17.1 Å². The molecule has 0 unspecified atom stereocenters. The largest absolute Gasteiger partial charge is 0.288 e. The lowest BCUT2D eigenvalue weighted by molar-refractivity contribution is 0.607. The van der Waals surface area contributed by atoms with E-state index in [9.17, 15) is 4.39 Å². The van der Waals surface area contributed by atoms with Gasteiger partial charge in [0.05, 0.1) is 0 Å². The van der Waals surface area contributed by atoms with Gasteiger partial charge in [-0.05, 0) is 18.1 Å². The van der Waals surface area contributed by atoms with Gasteiger partial charge in [-0.2, -0.15) is 0 Å². The molecule has 0 fully saturated rings. The van der Waals surface area contributed by atoms with Gasteiger partial charge in [-0.15, -0.1) is 0 Å². The van der Waals surface area contributed by atoms with Crippen molar-refractivity contribution < 1.29 is 4.39 Å². The second-order valence-corrected chi connectivity index (χ2v) is 3.65. The Morgan fingerprint density at radius 1 is 1.50 bits per heavy atom. The van der Waals surface area contributed by atoms with Crippen LogP contribution in [0, 0.1) is 22.6 Å². The third-order valence-corrected chi connectivity index (χ3v) is 1.80. The first-order valence-electron chi connectivity index (χ1n) is 4.51. The van der Waals surface area contributed by atoms with Crippen molar-refractivity contribution in [3.05, 3.63) is 29.6 Å². The first-order chi connectivity index (χ1) is 6.50. The quantitative estimate of drug-likeness (QED) is 0.535. The normalized spacial score (nSPS) is 10.6. The molecule has 0 aliphatic rings. The molecule has 0 bridgehead atoms. The van der Waals surface area contributed by atoms with E-state index in [1.165, 1.54) is 22.9 Å². The van der Waals surface area contributed by atoms with Crippen molar-refractivity contribution in [2.45, 2.75) is 20.3 Å². The topological polar surface area (TPSA) is 52.6 Å². The Morgan fingerprint density at radius 3 is 2.71 bits per heavy atom. The number of nitrogens with one attached hydrogen (secondary N) is 2. The summed E-state index contributed by atoms with van der Waals surface area (Å²) in [5.41, 5.74) is 0.136. The molecular weight excluding hydrogens is 181 g/mol. The molecule has 0 amide bonds. The molecule has 0 radical (unpaired) electrons. The Morgan fingerprint density at radius 2 is 2.14 bits per heavy atom. The molecule has 0 saturated carbocycles. The molecule has 1 rings (SSSR count). The van der Waals surface area contributed by atoms with Crippen LogP contribution in [-0.2, 0) is 0 Å². The van der Waals surface area contributed by atoms with Crippen LogP contribution in [0.25, 0.3) is 0 Å². The summed E-state index contributed by atoms with van der Waals surface area (Å²) in [4.78, 5) is 0. The van der Waals surface area contributed by atoms with Crippen LogP contribution in [0.4, 0.5) is 4.39 Å². The SMILES string of the molecule is CC(C)CC(=N)n1cc(F)ccc1=N. The van der Waals surface area contributed by atoms with Crippen molar-refractivity contribution in [3.63, 3.8) is 0 Å². The standard InChI is InChI=1S/C10H14FN3/c1-7(2)5-10(13)14-6-8(11)3-4-9(14)12/h3-4,6-7,12-13H,5H2,1-2H3. The van der Waals surface area contributed by atoms with E-state index in [4.69, 9.17) is 10.8 Å². The lowest BCUT2D eigenvalue weighted by Gasteiger charge is -2.10. The van der Waals surface area contributed by atoms with Crippen LogP contribution in [0.5, 0.6) is 0 Å². The second kappa shape index (κ2) is 4.17. The van der Waals surface area contributed by atoms with Crippen molar-refractivity contribution >= 4 is 5.84 Å². The van der Waals surface area contributed by atoms with Gasteiger partial charge in [0.15, 0.2) is 0 Å². The number of nitrogens with zero attached hydrogens (tertiary/aromatic N) is 1. The summed E-state index contributed by atoms with van der Waals surface area (Å²) in [5.74, 6) is 0.164. The first kappa shape index (κ1) is 10.6. The fourth-order valence-electron chi connectivity index (χ4n) is 1.18. The molecule has 0 aromatic carbocycles. The van der Waals surface area contributed by atoms with Gasteiger partial charge in [-0.25, -0.2) is 4.39 Å². The summed E-state index contributed by atoms with van der Waals surface area (Å²) in [5, 5.41) is 15.2. The maximum Gasteiger partial charge on any atom is 0.139 e. The van der Waals surface area contributed by atoms with Crippen molar-refractivity contribution in [2.24, 2.45) is 5.92 Å². The molecule has 1 aromatic heterocycles. The summed E-state index contributed by atoms with van der Waals surface area (Å²) in [6.07, 6.45) is 1.72. The lowest BCUT2D eigenvalue weighted by Crippen LogP contribution is -2.26. The predicted octanol–water partition coefficient (Wildman–Crippen LogP) is 1.98. The molecule has 0 aliphatic carbocycles. The highest BCUT2D eigenvalue weighted by Gasteiger charge is 2.04.